The van der Waals surface area contributed by atoms with E-state index in [0.717, 1.165) is 0 Å². The molecule has 2 aromatic heterocycles. The number of nitrogens with one attached hydrogen (secondary N) is 1. The van der Waals surface area contributed by atoms with Gasteiger partial charge in [0.25, 0.3) is 5.91 Å². The lowest BCUT2D eigenvalue weighted by molar-refractivity contribution is -0.386. The molecular weight excluding hydrogens is 268 g/mol. The molecule has 2 rings (SSSR count). The molecule has 10 nitrogen and oxygen atoms in total. The number of carbonyl (C=O) groups excluding carboxylic acids is 1. The number of nitrogens with zero attached hydrogens (tertiary/aromatic N) is 4. The highest BCUT2D eigenvalue weighted by atomic mass is 16.6. The van der Waals surface area contributed by atoms with E-state index in [1.807, 2.05) is 5.43 Å². The van der Waals surface area contributed by atoms with Crippen molar-refractivity contribution in [3.63, 3.8) is 0 Å². The summed E-state index contributed by atoms with van der Waals surface area (Å²) < 4.78 is 6.37. The summed E-state index contributed by atoms with van der Waals surface area (Å²) in [6.07, 6.45) is 0. The lowest BCUT2D eigenvalue weighted by Gasteiger charge is -1.98. The molecule has 3 N–H and O–H groups in total. The van der Waals surface area contributed by atoms with Crippen molar-refractivity contribution >= 4 is 11.6 Å². The van der Waals surface area contributed by atoms with Crippen LogP contribution in [0, 0.1) is 24.0 Å². The molecule has 0 fully saturated rings. The van der Waals surface area contributed by atoms with E-state index in [1.165, 1.54) is 10.7 Å². The smallest absolute Gasteiger partial charge is 0.312 e. The number of nitrogens with two attached hydrogens (primary N) is 1. The van der Waals surface area contributed by atoms with Crippen LogP contribution in [0.15, 0.2) is 10.6 Å². The number of aryl methyl sites for hydroxylation is 1. The van der Waals surface area contributed by atoms with E-state index in [9.17, 15) is 14.9 Å². The fourth-order valence-corrected chi connectivity index (χ4v) is 1.82. The Hall–Kier alpha value is -2.75. The highest BCUT2D eigenvalue weighted by molar-refractivity contribution is 5.91. The molecule has 0 aliphatic carbocycles. The van der Waals surface area contributed by atoms with E-state index < -0.39 is 10.8 Å². The molecule has 2 heterocycles. The summed E-state index contributed by atoms with van der Waals surface area (Å²) in [6, 6.07) is 1.39. The Morgan fingerprint density at radius 2 is 2.30 bits per heavy atom. The molecule has 0 aliphatic heterocycles. The number of rotatable bonds is 4. The van der Waals surface area contributed by atoms with E-state index in [0.29, 0.717) is 17.1 Å². The summed E-state index contributed by atoms with van der Waals surface area (Å²) in [7, 11) is 0. The average Bonchev–Trinajstić information content (AvgIpc) is 2.95. The first kappa shape index (κ1) is 13.7. The second kappa shape index (κ2) is 5.09. The van der Waals surface area contributed by atoms with Crippen LogP contribution in [0.1, 0.15) is 27.6 Å². The van der Waals surface area contributed by atoms with Crippen LogP contribution in [0.4, 0.5) is 5.69 Å². The van der Waals surface area contributed by atoms with Gasteiger partial charge in [-0.2, -0.15) is 5.10 Å². The van der Waals surface area contributed by atoms with Crippen LogP contribution in [0.25, 0.3) is 0 Å². The zero-order valence-electron chi connectivity index (χ0n) is 10.8. The largest absolute Gasteiger partial charge is 0.359 e. The van der Waals surface area contributed by atoms with Crippen molar-refractivity contribution in [1.82, 2.24) is 20.4 Å². The maximum absolute atomic E-state index is 11.2. The number of hydrogen-bond acceptors (Lipinski definition) is 7. The van der Waals surface area contributed by atoms with Gasteiger partial charge in [0.15, 0.2) is 11.5 Å². The van der Waals surface area contributed by atoms with E-state index in [-0.39, 0.29) is 17.9 Å². The molecule has 20 heavy (non-hydrogen) atoms. The topological polar surface area (TPSA) is 142 Å². The maximum Gasteiger partial charge on any atom is 0.312 e. The highest BCUT2D eigenvalue weighted by Gasteiger charge is 2.22. The number of amides is 1. The summed E-state index contributed by atoms with van der Waals surface area (Å²) in [4.78, 5) is 21.6. The first-order chi connectivity index (χ1) is 9.43. The predicted molar refractivity (Wildman–Crippen MR) is 65.6 cm³/mol. The van der Waals surface area contributed by atoms with Crippen LogP contribution in [0.2, 0.25) is 0 Å². The van der Waals surface area contributed by atoms with Crippen LogP contribution in [-0.2, 0) is 6.54 Å². The number of hydrazine groups is 1. The van der Waals surface area contributed by atoms with Gasteiger partial charge in [-0.05, 0) is 13.8 Å². The molecule has 1 amide bonds. The van der Waals surface area contributed by atoms with Crippen molar-refractivity contribution in [3.05, 3.63) is 39.0 Å². The Kier molecular flexibility index (Phi) is 3.48. The highest BCUT2D eigenvalue weighted by Crippen LogP contribution is 2.22. The molecule has 0 radical (unpaired) electrons. The van der Waals surface area contributed by atoms with Crippen molar-refractivity contribution in [2.75, 3.05) is 0 Å². The Bertz CT molecular complexity index is 673. The van der Waals surface area contributed by atoms with Crippen LogP contribution < -0.4 is 11.3 Å². The molecule has 0 saturated carbocycles. The maximum atomic E-state index is 11.2. The first-order valence-corrected chi connectivity index (χ1v) is 5.59. The molecule has 106 valence electrons. The minimum atomic E-state index is -0.584. The molecule has 0 unspecified atom stereocenters. The van der Waals surface area contributed by atoms with Crippen LogP contribution in [0.5, 0.6) is 0 Å². The summed E-state index contributed by atoms with van der Waals surface area (Å²) in [5, 5.41) is 18.5. The average molecular weight is 280 g/mol. The third kappa shape index (κ3) is 2.36. The number of carbonyl (C=O) groups is 1. The lowest BCUT2D eigenvalue weighted by Crippen LogP contribution is -2.30. The first-order valence-electron chi connectivity index (χ1n) is 5.59. The lowest BCUT2D eigenvalue weighted by atomic mass is 10.3. The fourth-order valence-electron chi connectivity index (χ4n) is 1.82. The predicted octanol–water partition coefficient (Wildman–Crippen LogP) is 0.0479. The number of hydrogen-bond donors (Lipinski definition) is 2. The summed E-state index contributed by atoms with van der Waals surface area (Å²) in [6.45, 7) is 3.27. The van der Waals surface area contributed by atoms with Gasteiger partial charge in [0.2, 0.25) is 0 Å². The second-order valence-electron chi connectivity index (χ2n) is 4.09. The summed E-state index contributed by atoms with van der Waals surface area (Å²) in [5.74, 6) is 4.73. The standard InChI is InChI=1S/C10H12N6O4/c1-5-9(16(18)19)6(2)15(13-5)4-7-3-8(14-20-7)10(17)12-11/h3H,4,11H2,1-2H3,(H,12,17). The normalized spacial score (nSPS) is 10.6. The quantitative estimate of drug-likeness (QED) is 0.348. The van der Waals surface area contributed by atoms with Crippen LogP contribution in [0.3, 0.4) is 0 Å². The molecule has 0 aromatic carbocycles. The van der Waals surface area contributed by atoms with Gasteiger partial charge in [-0.25, -0.2) is 5.84 Å². The van der Waals surface area contributed by atoms with Crippen LogP contribution in [-0.4, -0.2) is 25.8 Å². The minimum Gasteiger partial charge on any atom is -0.359 e. The Labute approximate surface area is 112 Å². The fraction of sp³-hybridized carbons (Fsp3) is 0.300. The third-order valence-corrected chi connectivity index (χ3v) is 2.75. The Morgan fingerprint density at radius 1 is 1.60 bits per heavy atom. The minimum absolute atomic E-state index is 0.0264. The van der Waals surface area contributed by atoms with Gasteiger partial charge < -0.3 is 4.52 Å². The summed E-state index contributed by atoms with van der Waals surface area (Å²) >= 11 is 0. The van der Waals surface area contributed by atoms with E-state index in [2.05, 4.69) is 10.3 Å². The van der Waals surface area contributed by atoms with Gasteiger partial charge in [-0.1, -0.05) is 5.16 Å². The molecule has 10 heteroatoms. The van der Waals surface area contributed by atoms with E-state index in [1.54, 1.807) is 13.8 Å². The molecule has 0 aliphatic rings. The monoisotopic (exact) mass is 280 g/mol. The molecule has 0 saturated heterocycles. The number of nitrogen functional groups attached to an aromatic ring is 1. The zero-order chi connectivity index (χ0) is 14.9. The third-order valence-electron chi connectivity index (χ3n) is 2.75. The van der Waals surface area contributed by atoms with Crippen molar-refractivity contribution in [2.24, 2.45) is 5.84 Å². The van der Waals surface area contributed by atoms with Gasteiger partial charge in [-0.3, -0.25) is 25.0 Å². The van der Waals surface area contributed by atoms with Crippen molar-refractivity contribution in [1.29, 1.82) is 0 Å². The second-order valence-corrected chi connectivity index (χ2v) is 4.09. The van der Waals surface area contributed by atoms with Crippen LogP contribution >= 0.6 is 0 Å². The van der Waals surface area contributed by atoms with Crippen molar-refractivity contribution in [2.45, 2.75) is 20.4 Å². The molecule has 0 spiro atoms. The molecule has 0 atom stereocenters. The number of nitro groups is 1. The van der Waals surface area contributed by atoms with E-state index >= 15 is 0 Å². The Morgan fingerprint density at radius 3 is 2.85 bits per heavy atom. The molecular formula is C10H12N6O4. The van der Waals surface area contributed by atoms with Crippen molar-refractivity contribution < 1.29 is 14.2 Å². The SMILES string of the molecule is Cc1nn(Cc2cc(C(=O)NN)no2)c(C)c1[N+](=O)[O-]. The summed E-state index contributed by atoms with van der Waals surface area (Å²) in [5.41, 5.74) is 2.62. The molecule has 2 aromatic rings. The number of aromatic nitrogens is 3. The van der Waals surface area contributed by atoms with Gasteiger partial charge in [0, 0.05) is 6.07 Å². The van der Waals surface area contributed by atoms with Gasteiger partial charge in [0.05, 0.1) is 4.92 Å². The Balaban J connectivity index is 2.27. The van der Waals surface area contributed by atoms with E-state index in [4.69, 9.17) is 10.4 Å². The molecule has 0 bridgehead atoms. The zero-order valence-corrected chi connectivity index (χ0v) is 10.8. The van der Waals surface area contributed by atoms with Crippen molar-refractivity contribution in [3.8, 4) is 0 Å². The van der Waals surface area contributed by atoms with Gasteiger partial charge in [0.1, 0.15) is 17.9 Å². The van der Waals surface area contributed by atoms with Gasteiger partial charge in [-0.15, -0.1) is 0 Å². The van der Waals surface area contributed by atoms with Gasteiger partial charge >= 0.3 is 5.69 Å².